The molecule has 1 amide bonds. The van der Waals surface area contributed by atoms with Crippen molar-refractivity contribution in [2.75, 3.05) is 0 Å². The van der Waals surface area contributed by atoms with Crippen LogP contribution in [0.4, 0.5) is 0 Å². The number of hydrogen-bond donors (Lipinski definition) is 1. The molecule has 0 unspecified atom stereocenters. The van der Waals surface area contributed by atoms with Crippen molar-refractivity contribution in [1.29, 1.82) is 0 Å². The van der Waals surface area contributed by atoms with Crippen LogP contribution >= 0.6 is 0 Å². The van der Waals surface area contributed by atoms with Gasteiger partial charge in [-0.05, 0) is 37.1 Å². The summed E-state index contributed by atoms with van der Waals surface area (Å²) in [4.78, 5) is 12.5. The minimum absolute atomic E-state index is 0.104. The van der Waals surface area contributed by atoms with Crippen molar-refractivity contribution in [2.24, 2.45) is 0 Å². The average molecular weight is 294 g/mol. The number of amides is 1. The number of carbonyl (C=O) groups is 1. The topological polar surface area (TPSA) is 55.1 Å². The van der Waals surface area contributed by atoms with Gasteiger partial charge in [-0.3, -0.25) is 4.79 Å². The first-order chi connectivity index (χ1) is 10.6. The van der Waals surface area contributed by atoms with Gasteiger partial charge in [0, 0.05) is 0 Å². The van der Waals surface area contributed by atoms with E-state index in [0.717, 1.165) is 10.9 Å². The van der Waals surface area contributed by atoms with Crippen molar-refractivity contribution in [3.8, 4) is 0 Å². The molecule has 3 rings (SSSR count). The fraction of sp³-hybridized carbons (Fsp3) is 0.222. The van der Waals surface area contributed by atoms with E-state index in [2.05, 4.69) is 28.7 Å². The molecule has 0 aliphatic heterocycles. The smallest absolute Gasteiger partial charge is 0.257 e. The first-order valence-electron chi connectivity index (χ1n) is 7.29. The Labute approximate surface area is 129 Å². The molecule has 1 atom stereocenters. The second kappa shape index (κ2) is 5.64. The van der Waals surface area contributed by atoms with Gasteiger partial charge in [0.2, 0.25) is 0 Å². The van der Waals surface area contributed by atoms with Crippen LogP contribution in [-0.4, -0.2) is 11.1 Å². The van der Waals surface area contributed by atoms with E-state index in [0.29, 0.717) is 17.0 Å². The summed E-state index contributed by atoms with van der Waals surface area (Å²) in [7, 11) is 0. The van der Waals surface area contributed by atoms with Gasteiger partial charge in [-0.1, -0.05) is 47.6 Å². The number of fused-ring (bicyclic) bond motifs is 1. The van der Waals surface area contributed by atoms with Crippen LogP contribution in [0.2, 0.25) is 0 Å². The third kappa shape index (κ3) is 2.48. The van der Waals surface area contributed by atoms with Gasteiger partial charge in [-0.2, -0.15) is 0 Å². The number of hydrogen-bond acceptors (Lipinski definition) is 3. The zero-order valence-corrected chi connectivity index (χ0v) is 12.9. The molecule has 0 saturated carbocycles. The Hall–Kier alpha value is -2.62. The van der Waals surface area contributed by atoms with Crippen LogP contribution in [0, 0.1) is 13.8 Å². The number of aromatic nitrogens is 1. The number of nitrogens with zero attached hydrogens (tertiary/aromatic N) is 1. The van der Waals surface area contributed by atoms with Crippen LogP contribution in [0.25, 0.3) is 10.8 Å². The van der Waals surface area contributed by atoms with Crippen LogP contribution < -0.4 is 5.32 Å². The molecule has 0 aliphatic carbocycles. The zero-order chi connectivity index (χ0) is 15.7. The molecule has 2 aromatic carbocycles. The molecule has 1 N–H and O–H groups in total. The largest absolute Gasteiger partial charge is 0.361 e. The van der Waals surface area contributed by atoms with Crippen LogP contribution in [-0.2, 0) is 0 Å². The minimum atomic E-state index is -0.156. The summed E-state index contributed by atoms with van der Waals surface area (Å²) in [6.07, 6.45) is 0. The molecule has 112 valence electrons. The highest BCUT2D eigenvalue weighted by molar-refractivity contribution is 5.96. The number of carbonyl (C=O) groups excluding carboxylic acids is 1. The van der Waals surface area contributed by atoms with Crippen molar-refractivity contribution in [1.82, 2.24) is 10.5 Å². The van der Waals surface area contributed by atoms with Gasteiger partial charge >= 0.3 is 0 Å². The Balaban J connectivity index is 1.91. The Kier molecular flexibility index (Phi) is 3.67. The average Bonchev–Trinajstić information content (AvgIpc) is 2.85. The van der Waals surface area contributed by atoms with Gasteiger partial charge in [-0.25, -0.2) is 0 Å². The van der Waals surface area contributed by atoms with E-state index in [4.69, 9.17) is 4.52 Å². The number of rotatable bonds is 3. The van der Waals surface area contributed by atoms with Gasteiger partial charge in [0.15, 0.2) is 0 Å². The first kappa shape index (κ1) is 14.3. The van der Waals surface area contributed by atoms with E-state index in [1.165, 1.54) is 5.39 Å². The molecule has 0 aliphatic rings. The van der Waals surface area contributed by atoms with Crippen LogP contribution in [0.3, 0.4) is 0 Å². The Morgan fingerprint density at radius 3 is 2.59 bits per heavy atom. The van der Waals surface area contributed by atoms with Crippen molar-refractivity contribution in [3.05, 3.63) is 65.0 Å². The number of aryl methyl sites for hydroxylation is 2. The van der Waals surface area contributed by atoms with Crippen molar-refractivity contribution in [2.45, 2.75) is 26.8 Å². The third-order valence-electron chi connectivity index (χ3n) is 3.90. The van der Waals surface area contributed by atoms with Gasteiger partial charge < -0.3 is 9.84 Å². The Morgan fingerprint density at radius 2 is 1.86 bits per heavy atom. The van der Waals surface area contributed by atoms with Crippen LogP contribution in [0.1, 0.15) is 40.3 Å². The predicted octanol–water partition coefficient (Wildman–Crippen LogP) is 3.94. The van der Waals surface area contributed by atoms with Crippen molar-refractivity contribution in [3.63, 3.8) is 0 Å². The molecule has 4 heteroatoms. The van der Waals surface area contributed by atoms with Crippen molar-refractivity contribution < 1.29 is 9.32 Å². The summed E-state index contributed by atoms with van der Waals surface area (Å²) in [5.74, 6) is 0.386. The third-order valence-corrected chi connectivity index (χ3v) is 3.90. The van der Waals surface area contributed by atoms with Crippen molar-refractivity contribution >= 4 is 16.7 Å². The fourth-order valence-electron chi connectivity index (χ4n) is 2.78. The van der Waals surface area contributed by atoms with Crippen LogP contribution in [0.5, 0.6) is 0 Å². The second-order valence-electron chi connectivity index (χ2n) is 5.46. The van der Waals surface area contributed by atoms with E-state index in [1.807, 2.05) is 31.2 Å². The molecule has 3 aromatic rings. The zero-order valence-electron chi connectivity index (χ0n) is 12.9. The molecule has 0 radical (unpaired) electrons. The molecular weight excluding hydrogens is 276 g/mol. The van der Waals surface area contributed by atoms with E-state index < -0.39 is 0 Å². The van der Waals surface area contributed by atoms with E-state index in [1.54, 1.807) is 13.8 Å². The lowest BCUT2D eigenvalue weighted by atomic mass is 9.99. The highest BCUT2D eigenvalue weighted by atomic mass is 16.5. The predicted molar refractivity (Wildman–Crippen MR) is 85.8 cm³/mol. The standard InChI is InChI=1S/C18H18N2O2/c1-11(19-18(21)17-12(2)20-22-13(17)3)15-10-6-8-14-7-4-5-9-16(14)15/h4-11H,1-3H3,(H,19,21)/t11-/m1/s1. The molecule has 4 nitrogen and oxygen atoms in total. The summed E-state index contributed by atoms with van der Waals surface area (Å²) in [6.45, 7) is 5.50. The quantitative estimate of drug-likeness (QED) is 0.796. The molecule has 1 heterocycles. The summed E-state index contributed by atoms with van der Waals surface area (Å²) < 4.78 is 5.06. The summed E-state index contributed by atoms with van der Waals surface area (Å²) >= 11 is 0. The maximum absolute atomic E-state index is 12.5. The Morgan fingerprint density at radius 1 is 1.14 bits per heavy atom. The lowest BCUT2D eigenvalue weighted by Crippen LogP contribution is -2.27. The maximum Gasteiger partial charge on any atom is 0.257 e. The van der Waals surface area contributed by atoms with Gasteiger partial charge in [0.25, 0.3) is 5.91 Å². The van der Waals surface area contributed by atoms with Crippen LogP contribution in [0.15, 0.2) is 47.0 Å². The summed E-state index contributed by atoms with van der Waals surface area (Å²) in [5, 5.41) is 9.18. The molecule has 22 heavy (non-hydrogen) atoms. The molecule has 0 bridgehead atoms. The lowest BCUT2D eigenvalue weighted by Gasteiger charge is -2.16. The van der Waals surface area contributed by atoms with Gasteiger partial charge in [-0.15, -0.1) is 0 Å². The lowest BCUT2D eigenvalue weighted by molar-refractivity contribution is 0.0938. The Bertz CT molecular complexity index is 811. The van der Waals surface area contributed by atoms with Gasteiger partial charge in [0.05, 0.1) is 11.7 Å². The highest BCUT2D eigenvalue weighted by Crippen LogP contribution is 2.24. The monoisotopic (exact) mass is 294 g/mol. The normalized spacial score (nSPS) is 12.3. The van der Waals surface area contributed by atoms with E-state index in [-0.39, 0.29) is 11.9 Å². The van der Waals surface area contributed by atoms with E-state index >= 15 is 0 Å². The van der Waals surface area contributed by atoms with E-state index in [9.17, 15) is 4.79 Å². The number of nitrogens with one attached hydrogen (secondary N) is 1. The SMILES string of the molecule is Cc1noc(C)c1C(=O)N[C@H](C)c1cccc2ccccc12. The second-order valence-corrected chi connectivity index (χ2v) is 5.46. The fourth-order valence-corrected chi connectivity index (χ4v) is 2.78. The number of benzene rings is 2. The summed E-state index contributed by atoms with van der Waals surface area (Å²) in [5.41, 5.74) is 2.23. The molecular formula is C18H18N2O2. The first-order valence-corrected chi connectivity index (χ1v) is 7.29. The summed E-state index contributed by atoms with van der Waals surface area (Å²) in [6, 6.07) is 14.2. The molecule has 0 saturated heterocycles. The van der Waals surface area contributed by atoms with Gasteiger partial charge in [0.1, 0.15) is 11.3 Å². The minimum Gasteiger partial charge on any atom is -0.361 e. The molecule has 0 spiro atoms. The molecule has 1 aromatic heterocycles. The molecule has 0 fully saturated rings. The maximum atomic E-state index is 12.5. The highest BCUT2D eigenvalue weighted by Gasteiger charge is 2.20.